The first-order valence-corrected chi connectivity index (χ1v) is 6.83. The Morgan fingerprint density at radius 1 is 1.22 bits per heavy atom. The van der Waals surface area contributed by atoms with Crippen molar-refractivity contribution in [3.63, 3.8) is 0 Å². The molecule has 0 unspecified atom stereocenters. The van der Waals surface area contributed by atoms with Crippen molar-refractivity contribution in [3.8, 4) is 0 Å². The monoisotopic (exact) mass is 265 g/mol. The number of piperidine rings is 1. The molecule has 0 bridgehead atoms. The molecule has 0 spiro atoms. The van der Waals surface area contributed by atoms with Gasteiger partial charge in [0.2, 0.25) is 5.95 Å². The maximum absolute atomic E-state index is 6.20. The van der Waals surface area contributed by atoms with Crippen LogP contribution in [0.1, 0.15) is 31.9 Å². The summed E-state index contributed by atoms with van der Waals surface area (Å²) in [6, 6.07) is 1.85. The molecule has 1 aliphatic heterocycles. The Kier molecular flexibility index (Phi) is 3.07. The summed E-state index contributed by atoms with van der Waals surface area (Å²) in [7, 11) is 0. The lowest BCUT2D eigenvalue weighted by molar-refractivity contribution is 0.568. The van der Waals surface area contributed by atoms with Crippen LogP contribution < -0.4 is 4.90 Å². The van der Waals surface area contributed by atoms with Crippen molar-refractivity contribution in [2.75, 3.05) is 18.0 Å². The van der Waals surface area contributed by atoms with E-state index in [1.54, 1.807) is 4.52 Å². The van der Waals surface area contributed by atoms with Crippen molar-refractivity contribution in [1.29, 1.82) is 0 Å². The lowest BCUT2D eigenvalue weighted by atomic mass is 10.1. The van der Waals surface area contributed by atoms with Gasteiger partial charge in [-0.25, -0.2) is 4.98 Å². The maximum atomic E-state index is 6.20. The minimum atomic E-state index is 0.576. The molecule has 6 heteroatoms. The highest BCUT2D eigenvalue weighted by Crippen LogP contribution is 2.19. The first-order valence-electron chi connectivity index (χ1n) is 6.45. The van der Waals surface area contributed by atoms with E-state index in [4.69, 9.17) is 11.6 Å². The summed E-state index contributed by atoms with van der Waals surface area (Å²) in [5, 5.41) is 5.02. The number of aromatic nitrogens is 4. The van der Waals surface area contributed by atoms with Crippen LogP contribution >= 0.6 is 11.6 Å². The highest BCUT2D eigenvalue weighted by molar-refractivity contribution is 6.29. The summed E-state index contributed by atoms with van der Waals surface area (Å²) in [6.07, 6.45) is 4.55. The number of anilines is 1. The number of nitrogens with zero attached hydrogens (tertiary/aromatic N) is 5. The van der Waals surface area contributed by atoms with Crippen LogP contribution in [0.5, 0.6) is 0 Å². The zero-order valence-corrected chi connectivity index (χ0v) is 11.2. The molecule has 3 rings (SSSR count). The zero-order valence-electron chi connectivity index (χ0n) is 10.4. The molecule has 2 aromatic heterocycles. The molecule has 3 heterocycles. The molecule has 0 amide bonds. The number of halogens is 1. The van der Waals surface area contributed by atoms with Crippen molar-refractivity contribution in [3.05, 3.63) is 16.9 Å². The van der Waals surface area contributed by atoms with E-state index in [-0.39, 0.29) is 0 Å². The number of aryl methyl sites for hydroxylation is 1. The molecule has 0 saturated carbocycles. The number of hydrogen-bond donors (Lipinski definition) is 0. The minimum Gasteiger partial charge on any atom is -0.339 e. The molecule has 0 aliphatic carbocycles. The number of fused-ring (bicyclic) bond motifs is 1. The van der Waals surface area contributed by atoms with E-state index in [9.17, 15) is 0 Å². The summed E-state index contributed by atoms with van der Waals surface area (Å²) in [4.78, 5) is 11.1. The fourth-order valence-corrected chi connectivity index (χ4v) is 2.52. The Balaban J connectivity index is 2.01. The first kappa shape index (κ1) is 11.7. The summed E-state index contributed by atoms with van der Waals surface area (Å²) in [6.45, 7) is 4.10. The lowest BCUT2D eigenvalue weighted by Crippen LogP contribution is -2.30. The standard InChI is InChI=1S/C12H16ClN5/c1-2-9-8-10(13)18-11(14-9)15-12(16-18)17-6-4-3-5-7-17/h8H,2-7H2,1H3. The molecule has 96 valence electrons. The summed E-state index contributed by atoms with van der Waals surface area (Å²) < 4.78 is 1.62. The second-order valence-electron chi connectivity index (χ2n) is 4.60. The fraction of sp³-hybridized carbons (Fsp3) is 0.583. The van der Waals surface area contributed by atoms with Gasteiger partial charge >= 0.3 is 0 Å². The van der Waals surface area contributed by atoms with Crippen LogP contribution in [0.3, 0.4) is 0 Å². The van der Waals surface area contributed by atoms with Crippen molar-refractivity contribution >= 4 is 23.3 Å². The maximum Gasteiger partial charge on any atom is 0.255 e. The first-order chi connectivity index (χ1) is 8.78. The Bertz CT molecular complexity index is 559. The van der Waals surface area contributed by atoms with Gasteiger partial charge in [0.25, 0.3) is 5.78 Å². The molecule has 0 radical (unpaired) electrons. The predicted molar refractivity (Wildman–Crippen MR) is 71.2 cm³/mol. The summed E-state index contributed by atoms with van der Waals surface area (Å²) in [5.74, 6) is 1.34. The average molecular weight is 266 g/mol. The SMILES string of the molecule is CCc1cc(Cl)n2nc(N3CCCCC3)nc2n1. The third kappa shape index (κ3) is 2.03. The zero-order chi connectivity index (χ0) is 12.5. The second kappa shape index (κ2) is 4.72. The van der Waals surface area contributed by atoms with Gasteiger partial charge in [-0.1, -0.05) is 18.5 Å². The van der Waals surface area contributed by atoms with E-state index >= 15 is 0 Å². The Morgan fingerprint density at radius 2 is 2.00 bits per heavy atom. The molecule has 1 aliphatic rings. The largest absolute Gasteiger partial charge is 0.339 e. The van der Waals surface area contributed by atoms with Crippen LogP contribution in [0.15, 0.2) is 6.07 Å². The van der Waals surface area contributed by atoms with Crippen LogP contribution in [-0.2, 0) is 6.42 Å². The van der Waals surface area contributed by atoms with Crippen LogP contribution in [0, 0.1) is 0 Å². The Hall–Kier alpha value is -1.36. The third-order valence-corrected chi connectivity index (χ3v) is 3.58. The molecule has 1 fully saturated rings. The number of rotatable bonds is 2. The second-order valence-corrected chi connectivity index (χ2v) is 4.98. The summed E-state index contributed by atoms with van der Waals surface area (Å²) in [5.41, 5.74) is 0.949. The topological polar surface area (TPSA) is 46.3 Å². The van der Waals surface area contributed by atoms with E-state index in [0.29, 0.717) is 10.9 Å². The molecule has 5 nitrogen and oxygen atoms in total. The van der Waals surface area contributed by atoms with Crippen molar-refractivity contribution in [1.82, 2.24) is 19.6 Å². The van der Waals surface area contributed by atoms with Gasteiger partial charge in [0.15, 0.2) is 0 Å². The van der Waals surface area contributed by atoms with Gasteiger partial charge in [-0.15, -0.1) is 5.10 Å². The van der Waals surface area contributed by atoms with Gasteiger partial charge in [0.05, 0.1) is 0 Å². The van der Waals surface area contributed by atoms with E-state index in [1.165, 1.54) is 19.3 Å². The van der Waals surface area contributed by atoms with E-state index in [1.807, 2.05) is 6.07 Å². The van der Waals surface area contributed by atoms with Crippen LogP contribution in [-0.4, -0.2) is 32.7 Å². The van der Waals surface area contributed by atoms with Gasteiger partial charge in [0.1, 0.15) is 5.15 Å². The molecule has 0 aromatic carbocycles. The summed E-state index contributed by atoms with van der Waals surface area (Å²) >= 11 is 6.20. The average Bonchev–Trinajstić information content (AvgIpc) is 2.84. The predicted octanol–water partition coefficient (Wildman–Crippen LogP) is 2.33. The van der Waals surface area contributed by atoms with Crippen LogP contribution in [0.25, 0.3) is 5.78 Å². The highest BCUT2D eigenvalue weighted by atomic mass is 35.5. The quantitative estimate of drug-likeness (QED) is 0.782. The minimum absolute atomic E-state index is 0.576. The van der Waals surface area contributed by atoms with Crippen LogP contribution in [0.2, 0.25) is 5.15 Å². The van der Waals surface area contributed by atoms with Crippen LogP contribution in [0.4, 0.5) is 5.95 Å². The van der Waals surface area contributed by atoms with E-state index in [0.717, 1.165) is 31.2 Å². The van der Waals surface area contributed by atoms with Gasteiger partial charge < -0.3 is 4.90 Å². The Morgan fingerprint density at radius 3 is 2.72 bits per heavy atom. The molecule has 2 aromatic rings. The molecule has 1 saturated heterocycles. The molecule has 0 N–H and O–H groups in total. The van der Waals surface area contributed by atoms with Gasteiger partial charge in [-0.2, -0.15) is 9.50 Å². The smallest absolute Gasteiger partial charge is 0.255 e. The highest BCUT2D eigenvalue weighted by Gasteiger charge is 2.17. The molecule has 0 atom stereocenters. The van der Waals surface area contributed by atoms with Gasteiger partial charge in [-0.05, 0) is 31.7 Å². The Labute approximate surface area is 111 Å². The molecule has 18 heavy (non-hydrogen) atoms. The number of hydrogen-bond acceptors (Lipinski definition) is 4. The molecular weight excluding hydrogens is 250 g/mol. The van der Waals surface area contributed by atoms with Gasteiger partial charge in [0, 0.05) is 18.8 Å². The van der Waals surface area contributed by atoms with Crippen molar-refractivity contribution in [2.45, 2.75) is 32.6 Å². The molecular formula is C12H16ClN5. The normalized spacial score (nSPS) is 16.4. The fourth-order valence-electron chi connectivity index (χ4n) is 2.28. The lowest BCUT2D eigenvalue weighted by Gasteiger charge is -2.24. The third-order valence-electron chi connectivity index (χ3n) is 3.31. The van der Waals surface area contributed by atoms with E-state index < -0.39 is 0 Å². The van der Waals surface area contributed by atoms with Crippen molar-refractivity contribution < 1.29 is 0 Å². The van der Waals surface area contributed by atoms with Crippen molar-refractivity contribution in [2.24, 2.45) is 0 Å². The van der Waals surface area contributed by atoms with E-state index in [2.05, 4.69) is 26.9 Å². The van der Waals surface area contributed by atoms with Gasteiger partial charge in [-0.3, -0.25) is 0 Å².